The predicted molar refractivity (Wildman–Crippen MR) is 80.9 cm³/mol. The Bertz CT molecular complexity index is 478. The number of fused-ring (bicyclic) bond motifs is 1. The first-order chi connectivity index (χ1) is 9.81. The third kappa shape index (κ3) is 3.40. The quantitative estimate of drug-likeness (QED) is 0.899. The van der Waals surface area contributed by atoms with E-state index in [1.165, 1.54) is 36.8 Å². The molecule has 1 aromatic rings. The van der Waals surface area contributed by atoms with E-state index in [1.807, 2.05) is 6.07 Å². The molecule has 1 atom stereocenters. The van der Waals surface area contributed by atoms with Gasteiger partial charge in [0.15, 0.2) is 0 Å². The highest BCUT2D eigenvalue weighted by Crippen LogP contribution is 2.25. The van der Waals surface area contributed by atoms with Crippen LogP contribution in [0, 0.1) is 5.92 Å². The maximum atomic E-state index is 12.0. The highest BCUT2D eigenvalue weighted by molar-refractivity contribution is 5.90. The zero-order valence-electron chi connectivity index (χ0n) is 12.0. The zero-order valence-corrected chi connectivity index (χ0v) is 12.0. The molecule has 20 heavy (non-hydrogen) atoms. The van der Waals surface area contributed by atoms with E-state index in [4.69, 9.17) is 0 Å². The van der Waals surface area contributed by atoms with Gasteiger partial charge < -0.3 is 5.32 Å². The maximum Gasteiger partial charge on any atom is 0.224 e. The number of hydrogen-bond acceptors (Lipinski definition) is 1. The van der Waals surface area contributed by atoms with Gasteiger partial charge in [0.25, 0.3) is 0 Å². The van der Waals surface area contributed by atoms with E-state index in [-0.39, 0.29) is 5.91 Å². The van der Waals surface area contributed by atoms with Gasteiger partial charge in [0.1, 0.15) is 0 Å². The minimum atomic E-state index is 0.147. The summed E-state index contributed by atoms with van der Waals surface area (Å²) < 4.78 is 0. The van der Waals surface area contributed by atoms with E-state index < -0.39 is 0 Å². The Morgan fingerprint density at radius 3 is 3.00 bits per heavy atom. The summed E-state index contributed by atoms with van der Waals surface area (Å²) in [6.07, 6.45) is 7.61. The van der Waals surface area contributed by atoms with Crippen molar-refractivity contribution in [3.63, 3.8) is 0 Å². The molecule has 1 aromatic carbocycles. The third-order valence-electron chi connectivity index (χ3n) is 4.48. The van der Waals surface area contributed by atoms with Crippen molar-refractivity contribution >= 4 is 11.6 Å². The largest absolute Gasteiger partial charge is 0.326 e. The fraction of sp³-hybridized carbons (Fsp3) is 0.588. The second-order valence-corrected chi connectivity index (χ2v) is 6.06. The topological polar surface area (TPSA) is 43.2 Å². The van der Waals surface area contributed by atoms with Crippen LogP contribution in [0.4, 0.5) is 5.69 Å². The predicted octanol–water partition coefficient (Wildman–Crippen LogP) is 2.91. The summed E-state index contributed by atoms with van der Waals surface area (Å²) in [6, 6.07) is 6.35. The average Bonchev–Trinajstić information content (AvgIpc) is 2.94. The maximum absolute atomic E-state index is 12.0. The Morgan fingerprint density at radius 1 is 1.25 bits per heavy atom. The molecule has 1 fully saturated rings. The molecule has 1 amide bonds. The van der Waals surface area contributed by atoms with Crippen molar-refractivity contribution in [3.05, 3.63) is 29.3 Å². The lowest BCUT2D eigenvalue weighted by Gasteiger charge is -2.20. The standard InChI is InChI=1S/C17H23N2O/c20-17(9-6-13-3-2-10-18-12-13)19-16-8-7-14-4-1-5-15(14)11-16/h7-8,11,13H,1-6,9-10,12H2,(H,19,20). The third-order valence-corrected chi connectivity index (χ3v) is 4.48. The van der Waals surface area contributed by atoms with E-state index in [1.54, 1.807) is 0 Å². The van der Waals surface area contributed by atoms with Gasteiger partial charge in [-0.15, -0.1) is 0 Å². The molecular formula is C17H23N2O. The molecule has 1 aliphatic heterocycles. The lowest BCUT2D eigenvalue weighted by molar-refractivity contribution is -0.116. The van der Waals surface area contributed by atoms with Crippen LogP contribution < -0.4 is 10.6 Å². The van der Waals surface area contributed by atoms with Gasteiger partial charge in [-0.05, 0) is 67.7 Å². The van der Waals surface area contributed by atoms with Crippen molar-refractivity contribution in [2.45, 2.75) is 44.9 Å². The van der Waals surface area contributed by atoms with Crippen LogP contribution in [0.2, 0.25) is 0 Å². The average molecular weight is 271 g/mol. The summed E-state index contributed by atoms with van der Waals surface area (Å²) in [7, 11) is 0. The highest BCUT2D eigenvalue weighted by Gasteiger charge is 2.16. The van der Waals surface area contributed by atoms with Crippen molar-refractivity contribution in [2.24, 2.45) is 5.92 Å². The molecule has 2 aliphatic rings. The van der Waals surface area contributed by atoms with E-state index in [0.29, 0.717) is 12.3 Å². The second kappa shape index (κ2) is 6.40. The number of anilines is 1. The summed E-state index contributed by atoms with van der Waals surface area (Å²) in [5.41, 5.74) is 3.82. The monoisotopic (exact) mass is 271 g/mol. The minimum Gasteiger partial charge on any atom is -0.326 e. The van der Waals surface area contributed by atoms with Crippen LogP contribution in [0.1, 0.15) is 43.2 Å². The highest BCUT2D eigenvalue weighted by atomic mass is 16.1. The van der Waals surface area contributed by atoms with E-state index in [9.17, 15) is 4.79 Å². The van der Waals surface area contributed by atoms with Crippen molar-refractivity contribution < 1.29 is 4.79 Å². The molecule has 1 radical (unpaired) electrons. The van der Waals surface area contributed by atoms with Crippen molar-refractivity contribution in [1.29, 1.82) is 0 Å². The number of amides is 1. The number of nitrogens with one attached hydrogen (secondary N) is 1. The molecule has 0 aromatic heterocycles. The molecule has 0 saturated carbocycles. The van der Waals surface area contributed by atoms with E-state index >= 15 is 0 Å². The summed E-state index contributed by atoms with van der Waals surface area (Å²) in [4.78, 5) is 12.0. The minimum absolute atomic E-state index is 0.147. The summed E-state index contributed by atoms with van der Waals surface area (Å²) in [6.45, 7) is 1.96. The molecule has 1 unspecified atom stereocenters. The number of carbonyl (C=O) groups is 1. The van der Waals surface area contributed by atoms with Crippen LogP contribution in [0.5, 0.6) is 0 Å². The molecule has 1 heterocycles. The lowest BCUT2D eigenvalue weighted by Crippen LogP contribution is -2.25. The smallest absolute Gasteiger partial charge is 0.224 e. The van der Waals surface area contributed by atoms with Gasteiger partial charge in [0.05, 0.1) is 0 Å². The Kier molecular flexibility index (Phi) is 4.36. The van der Waals surface area contributed by atoms with Gasteiger partial charge in [-0.1, -0.05) is 6.07 Å². The van der Waals surface area contributed by atoms with Crippen LogP contribution in [-0.4, -0.2) is 19.0 Å². The number of nitrogens with zero attached hydrogens (tertiary/aromatic N) is 1. The first kappa shape index (κ1) is 13.6. The lowest BCUT2D eigenvalue weighted by atomic mass is 9.94. The zero-order chi connectivity index (χ0) is 13.8. The van der Waals surface area contributed by atoms with Gasteiger partial charge in [-0.25, -0.2) is 5.32 Å². The van der Waals surface area contributed by atoms with Crippen LogP contribution in [0.3, 0.4) is 0 Å². The number of rotatable bonds is 4. The van der Waals surface area contributed by atoms with E-state index in [2.05, 4.69) is 22.8 Å². The van der Waals surface area contributed by atoms with E-state index in [0.717, 1.165) is 31.6 Å². The molecule has 0 spiro atoms. The normalized spacial score (nSPS) is 21.5. The van der Waals surface area contributed by atoms with Crippen molar-refractivity contribution in [3.8, 4) is 0 Å². The van der Waals surface area contributed by atoms with Gasteiger partial charge in [0, 0.05) is 25.2 Å². The van der Waals surface area contributed by atoms with Crippen LogP contribution in [0.25, 0.3) is 0 Å². The molecule has 1 saturated heterocycles. The van der Waals surface area contributed by atoms with Crippen molar-refractivity contribution in [1.82, 2.24) is 5.32 Å². The molecule has 0 bridgehead atoms. The van der Waals surface area contributed by atoms with Crippen LogP contribution >= 0.6 is 0 Å². The summed E-state index contributed by atoms with van der Waals surface area (Å²) in [5.74, 6) is 0.767. The first-order valence-corrected chi connectivity index (χ1v) is 7.86. The van der Waals surface area contributed by atoms with Crippen molar-refractivity contribution in [2.75, 3.05) is 18.4 Å². The molecule has 1 N–H and O–H groups in total. The Balaban J connectivity index is 1.48. The van der Waals surface area contributed by atoms with Gasteiger partial charge >= 0.3 is 0 Å². The SMILES string of the molecule is O=C(CCC1CCC[N]C1)Nc1ccc2c(c1)CCC2. The summed E-state index contributed by atoms with van der Waals surface area (Å²) in [5, 5.41) is 7.47. The number of benzene rings is 1. The molecule has 3 rings (SSSR count). The second-order valence-electron chi connectivity index (χ2n) is 6.06. The molecular weight excluding hydrogens is 248 g/mol. The molecule has 3 nitrogen and oxygen atoms in total. The number of carbonyl (C=O) groups excluding carboxylic acids is 1. The van der Waals surface area contributed by atoms with Gasteiger partial charge in [-0.3, -0.25) is 4.79 Å². The Labute approximate surface area is 121 Å². The Hall–Kier alpha value is -1.35. The number of piperidine rings is 1. The summed E-state index contributed by atoms with van der Waals surface area (Å²) >= 11 is 0. The Morgan fingerprint density at radius 2 is 2.15 bits per heavy atom. The number of hydrogen-bond donors (Lipinski definition) is 1. The molecule has 1 aliphatic carbocycles. The number of aryl methyl sites for hydroxylation is 2. The van der Waals surface area contributed by atoms with Crippen LogP contribution in [-0.2, 0) is 17.6 Å². The van der Waals surface area contributed by atoms with Crippen LogP contribution in [0.15, 0.2) is 18.2 Å². The molecule has 107 valence electrons. The van der Waals surface area contributed by atoms with Gasteiger partial charge in [-0.2, -0.15) is 0 Å². The fourth-order valence-corrected chi connectivity index (χ4v) is 3.30. The first-order valence-electron chi connectivity index (χ1n) is 7.86. The van der Waals surface area contributed by atoms with Gasteiger partial charge in [0.2, 0.25) is 5.91 Å². The molecule has 3 heteroatoms. The fourth-order valence-electron chi connectivity index (χ4n) is 3.30.